The Labute approximate surface area is 148 Å². The Kier molecular flexibility index (Phi) is 3.96. The lowest BCUT2D eigenvalue weighted by molar-refractivity contribution is 0.100. The number of rotatable bonds is 3. The van der Waals surface area contributed by atoms with Gasteiger partial charge in [-0.1, -0.05) is 12.1 Å². The number of benzene rings is 2. The molecule has 4 rings (SSSR count). The number of carbonyl (C=O) groups excluding carboxylic acids is 1. The van der Waals surface area contributed by atoms with E-state index in [2.05, 4.69) is 10.4 Å². The van der Waals surface area contributed by atoms with Crippen LogP contribution in [0, 0.1) is 5.82 Å². The first kappa shape index (κ1) is 16.7. The first-order valence-electron chi connectivity index (χ1n) is 8.46. The van der Waals surface area contributed by atoms with Crippen LogP contribution in [-0.2, 0) is 5.67 Å². The summed E-state index contributed by atoms with van der Waals surface area (Å²) in [7, 11) is 0. The number of primary amides is 1. The van der Waals surface area contributed by atoms with E-state index in [1.54, 1.807) is 30.5 Å². The molecule has 0 radical (unpaired) electrons. The maximum absolute atomic E-state index is 15.0. The van der Waals surface area contributed by atoms with Gasteiger partial charge in [0.25, 0.3) is 5.91 Å². The van der Waals surface area contributed by atoms with Gasteiger partial charge in [0.15, 0.2) is 0 Å². The Morgan fingerprint density at radius 3 is 2.69 bits per heavy atom. The lowest BCUT2D eigenvalue weighted by Gasteiger charge is -2.30. The molecule has 0 spiro atoms. The zero-order valence-electron chi connectivity index (χ0n) is 14.0. The summed E-state index contributed by atoms with van der Waals surface area (Å²) >= 11 is 0. The Hall–Kier alpha value is -2.80. The first-order valence-corrected chi connectivity index (χ1v) is 8.46. The summed E-state index contributed by atoms with van der Waals surface area (Å²) in [5, 5.41) is 7.91. The molecule has 3 N–H and O–H groups in total. The maximum Gasteiger partial charge on any atom is 0.251 e. The summed E-state index contributed by atoms with van der Waals surface area (Å²) in [6, 6.07) is 9.38. The van der Waals surface area contributed by atoms with Gasteiger partial charge in [0.05, 0.1) is 11.3 Å². The van der Waals surface area contributed by atoms with E-state index in [9.17, 15) is 9.18 Å². The van der Waals surface area contributed by atoms with Crippen molar-refractivity contribution < 1.29 is 13.6 Å². The largest absolute Gasteiger partial charge is 0.366 e. The standard InChI is InChI=1S/C19H18F2N4O/c20-14-8-12-10-25(24-17(12)16(9-14)18(22)26)15-4-2-13(3-5-15)19(21)6-1-7-23-11-19/h2-5,8-10,23H,1,6-7,11H2,(H2,22,26). The third-order valence-electron chi connectivity index (χ3n) is 4.82. The number of alkyl halides is 1. The van der Waals surface area contributed by atoms with E-state index in [4.69, 9.17) is 5.73 Å². The van der Waals surface area contributed by atoms with Crippen LogP contribution < -0.4 is 11.1 Å². The van der Waals surface area contributed by atoms with E-state index < -0.39 is 17.4 Å². The van der Waals surface area contributed by atoms with E-state index in [1.165, 1.54) is 10.7 Å². The number of halogens is 2. The molecular formula is C19H18F2N4O. The van der Waals surface area contributed by atoms with Gasteiger partial charge in [0.1, 0.15) is 17.0 Å². The van der Waals surface area contributed by atoms with E-state index in [1.807, 2.05) is 0 Å². The number of amides is 1. The molecule has 1 saturated heterocycles. The summed E-state index contributed by atoms with van der Waals surface area (Å²) in [6.45, 7) is 1.14. The Bertz CT molecular complexity index is 975. The normalized spacial score (nSPS) is 20.4. The fraction of sp³-hybridized carbons (Fsp3) is 0.263. The van der Waals surface area contributed by atoms with Crippen molar-refractivity contribution in [1.29, 1.82) is 0 Å². The fourth-order valence-electron chi connectivity index (χ4n) is 3.45. The molecular weight excluding hydrogens is 338 g/mol. The van der Waals surface area contributed by atoms with Crippen LogP contribution in [-0.4, -0.2) is 28.8 Å². The fourth-order valence-corrected chi connectivity index (χ4v) is 3.45. The summed E-state index contributed by atoms with van der Waals surface area (Å²) in [5.74, 6) is -1.29. The molecule has 2 heterocycles. The molecule has 3 aromatic rings. The van der Waals surface area contributed by atoms with Crippen LogP contribution in [0.5, 0.6) is 0 Å². The molecule has 1 amide bonds. The van der Waals surface area contributed by atoms with Gasteiger partial charge in [-0.05, 0) is 49.2 Å². The van der Waals surface area contributed by atoms with Crippen LogP contribution >= 0.6 is 0 Å². The first-order chi connectivity index (χ1) is 12.5. The lowest BCUT2D eigenvalue weighted by atomic mass is 9.88. The molecule has 2 aromatic carbocycles. The highest BCUT2D eigenvalue weighted by Crippen LogP contribution is 2.33. The second kappa shape index (κ2) is 6.17. The van der Waals surface area contributed by atoms with Gasteiger partial charge in [-0.15, -0.1) is 0 Å². The average Bonchev–Trinajstić information content (AvgIpc) is 3.05. The van der Waals surface area contributed by atoms with Crippen molar-refractivity contribution in [2.24, 2.45) is 5.73 Å². The van der Waals surface area contributed by atoms with Crippen LogP contribution in [0.15, 0.2) is 42.6 Å². The minimum absolute atomic E-state index is 0.0337. The summed E-state index contributed by atoms with van der Waals surface area (Å²) in [6.07, 6.45) is 2.91. The Balaban J connectivity index is 1.72. The van der Waals surface area contributed by atoms with Crippen molar-refractivity contribution in [3.8, 4) is 5.69 Å². The van der Waals surface area contributed by atoms with Gasteiger partial charge in [-0.2, -0.15) is 5.10 Å². The number of aromatic nitrogens is 2. The van der Waals surface area contributed by atoms with Gasteiger partial charge in [0.2, 0.25) is 0 Å². The van der Waals surface area contributed by atoms with Gasteiger partial charge in [-0.3, -0.25) is 4.79 Å². The highest BCUT2D eigenvalue weighted by atomic mass is 19.1. The maximum atomic E-state index is 15.0. The van der Waals surface area contributed by atoms with Gasteiger partial charge < -0.3 is 11.1 Å². The number of fused-ring (bicyclic) bond motifs is 1. The lowest BCUT2D eigenvalue weighted by Crippen LogP contribution is -2.40. The Morgan fingerprint density at radius 2 is 2.04 bits per heavy atom. The summed E-state index contributed by atoms with van der Waals surface area (Å²) in [4.78, 5) is 11.5. The molecule has 7 heteroatoms. The molecule has 1 fully saturated rings. The van der Waals surface area contributed by atoms with Crippen molar-refractivity contribution >= 4 is 16.8 Å². The van der Waals surface area contributed by atoms with E-state index in [-0.39, 0.29) is 5.56 Å². The average molecular weight is 356 g/mol. The number of piperidine rings is 1. The van der Waals surface area contributed by atoms with Crippen molar-refractivity contribution in [3.63, 3.8) is 0 Å². The van der Waals surface area contributed by atoms with Crippen LogP contribution in [0.25, 0.3) is 16.6 Å². The minimum Gasteiger partial charge on any atom is -0.366 e. The topological polar surface area (TPSA) is 72.9 Å². The van der Waals surface area contributed by atoms with Crippen LogP contribution in [0.2, 0.25) is 0 Å². The van der Waals surface area contributed by atoms with Crippen molar-refractivity contribution in [1.82, 2.24) is 15.1 Å². The van der Waals surface area contributed by atoms with E-state index in [0.29, 0.717) is 35.1 Å². The Morgan fingerprint density at radius 1 is 1.27 bits per heavy atom. The molecule has 1 unspecified atom stereocenters. The van der Waals surface area contributed by atoms with Gasteiger partial charge >= 0.3 is 0 Å². The predicted molar refractivity (Wildman–Crippen MR) is 94.4 cm³/mol. The molecule has 0 saturated carbocycles. The van der Waals surface area contributed by atoms with Crippen LogP contribution in [0.1, 0.15) is 28.8 Å². The molecule has 1 atom stereocenters. The molecule has 1 aliphatic heterocycles. The van der Waals surface area contributed by atoms with Gasteiger partial charge in [0, 0.05) is 18.1 Å². The van der Waals surface area contributed by atoms with Crippen molar-refractivity contribution in [3.05, 3.63) is 59.5 Å². The SMILES string of the molecule is NC(=O)c1cc(F)cc2cn(-c3ccc(C4(F)CCCNC4)cc3)nc12. The molecule has 1 aliphatic rings. The van der Waals surface area contributed by atoms with Gasteiger partial charge in [-0.25, -0.2) is 13.5 Å². The summed E-state index contributed by atoms with van der Waals surface area (Å²) in [5.41, 5.74) is 5.62. The molecule has 0 aliphatic carbocycles. The minimum atomic E-state index is -1.37. The quantitative estimate of drug-likeness (QED) is 0.758. The number of nitrogens with zero attached hydrogens (tertiary/aromatic N) is 2. The number of nitrogens with two attached hydrogens (primary N) is 1. The van der Waals surface area contributed by atoms with Crippen LogP contribution in [0.3, 0.4) is 0 Å². The van der Waals surface area contributed by atoms with E-state index in [0.717, 1.165) is 19.0 Å². The van der Waals surface area contributed by atoms with Crippen LogP contribution in [0.4, 0.5) is 8.78 Å². The molecule has 5 nitrogen and oxygen atoms in total. The third-order valence-corrected chi connectivity index (χ3v) is 4.82. The number of carbonyl (C=O) groups is 1. The smallest absolute Gasteiger partial charge is 0.251 e. The number of nitrogens with one attached hydrogen (secondary N) is 1. The summed E-state index contributed by atoms with van der Waals surface area (Å²) < 4.78 is 30.2. The van der Waals surface area contributed by atoms with E-state index >= 15 is 4.39 Å². The monoisotopic (exact) mass is 356 g/mol. The molecule has 1 aromatic heterocycles. The second-order valence-corrected chi connectivity index (χ2v) is 6.62. The van der Waals surface area contributed by atoms with Crippen molar-refractivity contribution in [2.45, 2.75) is 18.5 Å². The highest BCUT2D eigenvalue weighted by Gasteiger charge is 2.33. The zero-order chi connectivity index (χ0) is 18.3. The second-order valence-electron chi connectivity index (χ2n) is 6.62. The molecule has 26 heavy (non-hydrogen) atoms. The number of hydrogen-bond donors (Lipinski definition) is 2. The molecule has 134 valence electrons. The molecule has 0 bridgehead atoms. The zero-order valence-corrected chi connectivity index (χ0v) is 14.0. The third kappa shape index (κ3) is 2.84. The predicted octanol–water partition coefficient (Wildman–Crippen LogP) is 2.81. The number of hydrogen-bond acceptors (Lipinski definition) is 3. The highest BCUT2D eigenvalue weighted by molar-refractivity contribution is 6.04. The van der Waals surface area contributed by atoms with Crippen molar-refractivity contribution in [2.75, 3.05) is 13.1 Å².